The molecule has 0 aromatic rings. The third-order valence-corrected chi connectivity index (χ3v) is 9.69. The molecule has 336 valence electrons. The molecule has 0 bridgehead atoms. The SMILES string of the molecule is CC/C=C/C/C=C/C/C=C/C/C=C/C/C=C/C/C=C/CCCCCCC(=O)OCC(COP(=O)(O)OC[C@H](O)CO)OC(=O)CC/C=C/C/C=C/CCCCCCCC. The fraction of sp³-hybridized carbons (Fsp3) is 0.625. The Morgan fingerprint density at radius 1 is 0.525 bits per heavy atom. The topological polar surface area (TPSA) is 149 Å². The minimum Gasteiger partial charge on any atom is -0.462 e. The van der Waals surface area contributed by atoms with Crippen molar-refractivity contribution < 1.29 is 47.8 Å². The van der Waals surface area contributed by atoms with Gasteiger partial charge in [0.25, 0.3) is 0 Å². The van der Waals surface area contributed by atoms with Gasteiger partial charge in [0, 0.05) is 12.8 Å². The van der Waals surface area contributed by atoms with Crippen LogP contribution in [0.2, 0.25) is 0 Å². The monoisotopic (exact) mass is 847 g/mol. The smallest absolute Gasteiger partial charge is 0.462 e. The number of unbranched alkanes of at least 4 members (excludes halogenated alkanes) is 10. The first-order valence-corrected chi connectivity index (χ1v) is 23.7. The average Bonchev–Trinajstić information content (AvgIpc) is 3.22. The van der Waals surface area contributed by atoms with Gasteiger partial charge < -0.3 is 24.6 Å². The van der Waals surface area contributed by atoms with Gasteiger partial charge in [-0.05, 0) is 83.5 Å². The summed E-state index contributed by atoms with van der Waals surface area (Å²) in [5.74, 6) is -1.04. The Kier molecular flexibility index (Phi) is 40.7. The molecule has 0 saturated heterocycles. The summed E-state index contributed by atoms with van der Waals surface area (Å²) in [5, 5.41) is 18.3. The quantitative estimate of drug-likeness (QED) is 0.0235. The van der Waals surface area contributed by atoms with Crippen molar-refractivity contribution in [2.24, 2.45) is 0 Å². The highest BCUT2D eigenvalue weighted by Gasteiger charge is 2.27. The van der Waals surface area contributed by atoms with Gasteiger partial charge in [0.1, 0.15) is 12.7 Å². The first kappa shape index (κ1) is 55.9. The van der Waals surface area contributed by atoms with Gasteiger partial charge in [-0.15, -0.1) is 0 Å². The van der Waals surface area contributed by atoms with E-state index < -0.39 is 51.8 Å². The largest absolute Gasteiger partial charge is 0.472 e. The molecule has 0 aromatic heterocycles. The molecule has 11 heteroatoms. The van der Waals surface area contributed by atoms with E-state index in [1.165, 1.54) is 38.5 Å². The average molecular weight is 847 g/mol. The number of aliphatic hydroxyl groups is 2. The van der Waals surface area contributed by atoms with Crippen LogP contribution in [0.5, 0.6) is 0 Å². The van der Waals surface area contributed by atoms with Crippen LogP contribution in [0, 0.1) is 0 Å². The molecule has 0 aliphatic rings. The van der Waals surface area contributed by atoms with Crippen molar-refractivity contribution in [2.75, 3.05) is 26.4 Å². The maximum Gasteiger partial charge on any atom is 0.472 e. The fourth-order valence-corrected chi connectivity index (χ4v) is 6.13. The van der Waals surface area contributed by atoms with E-state index in [-0.39, 0.29) is 19.4 Å². The highest BCUT2D eigenvalue weighted by atomic mass is 31.2. The fourth-order valence-electron chi connectivity index (χ4n) is 5.34. The van der Waals surface area contributed by atoms with Crippen molar-refractivity contribution in [3.05, 3.63) is 97.2 Å². The van der Waals surface area contributed by atoms with E-state index in [1.807, 2.05) is 12.2 Å². The summed E-state index contributed by atoms with van der Waals surface area (Å²) < 4.78 is 32.6. The summed E-state index contributed by atoms with van der Waals surface area (Å²) in [6.45, 7) is 2.14. The lowest BCUT2D eigenvalue weighted by Crippen LogP contribution is -2.29. The first-order valence-electron chi connectivity index (χ1n) is 22.2. The molecule has 0 fully saturated rings. The number of rotatable bonds is 40. The number of esters is 2. The molecule has 3 N–H and O–H groups in total. The first-order chi connectivity index (χ1) is 28.7. The molecule has 0 aromatic carbocycles. The molecule has 0 aliphatic carbocycles. The van der Waals surface area contributed by atoms with E-state index in [9.17, 15) is 24.2 Å². The minimum atomic E-state index is -4.64. The molecular weight excluding hydrogens is 767 g/mol. The minimum absolute atomic E-state index is 0.0664. The molecule has 10 nitrogen and oxygen atoms in total. The lowest BCUT2D eigenvalue weighted by atomic mass is 10.1. The summed E-state index contributed by atoms with van der Waals surface area (Å²) in [7, 11) is -4.64. The molecule has 0 amide bonds. The van der Waals surface area contributed by atoms with Crippen molar-refractivity contribution >= 4 is 19.8 Å². The zero-order valence-corrected chi connectivity index (χ0v) is 37.3. The van der Waals surface area contributed by atoms with Gasteiger partial charge in [-0.2, -0.15) is 0 Å². The highest BCUT2D eigenvalue weighted by molar-refractivity contribution is 7.47. The van der Waals surface area contributed by atoms with E-state index in [0.29, 0.717) is 12.8 Å². The van der Waals surface area contributed by atoms with Gasteiger partial charge >= 0.3 is 19.8 Å². The number of phosphoric ester groups is 1. The maximum atomic E-state index is 12.6. The number of ether oxygens (including phenoxy) is 2. The number of phosphoric acid groups is 1. The number of aliphatic hydroxyl groups excluding tert-OH is 2. The third-order valence-electron chi connectivity index (χ3n) is 8.74. The molecule has 0 spiro atoms. The van der Waals surface area contributed by atoms with Crippen LogP contribution in [-0.2, 0) is 32.7 Å². The summed E-state index contributed by atoms with van der Waals surface area (Å²) in [5.41, 5.74) is 0. The van der Waals surface area contributed by atoms with Gasteiger partial charge in [-0.1, -0.05) is 156 Å². The van der Waals surface area contributed by atoms with E-state index in [1.54, 1.807) is 0 Å². The Bertz CT molecular complexity index is 1300. The van der Waals surface area contributed by atoms with Crippen molar-refractivity contribution in [2.45, 2.75) is 167 Å². The number of hydrogen-bond donors (Lipinski definition) is 3. The van der Waals surface area contributed by atoms with Crippen LogP contribution in [0.15, 0.2) is 97.2 Å². The van der Waals surface area contributed by atoms with Gasteiger partial charge in [-0.3, -0.25) is 18.6 Å². The molecule has 0 aliphatic heterocycles. The zero-order chi connectivity index (χ0) is 43.3. The predicted molar refractivity (Wildman–Crippen MR) is 242 cm³/mol. The van der Waals surface area contributed by atoms with Crippen LogP contribution in [0.3, 0.4) is 0 Å². The predicted octanol–water partition coefficient (Wildman–Crippen LogP) is 12.0. The Hall–Kier alpha value is -3.11. The van der Waals surface area contributed by atoms with Crippen LogP contribution < -0.4 is 0 Å². The summed E-state index contributed by atoms with van der Waals surface area (Å²) in [6.07, 6.45) is 52.5. The second kappa shape index (κ2) is 43.0. The van der Waals surface area contributed by atoms with Crippen molar-refractivity contribution in [1.29, 1.82) is 0 Å². The van der Waals surface area contributed by atoms with Gasteiger partial charge in [0.05, 0.1) is 19.8 Å². The Labute approximate surface area is 357 Å². The number of carbonyl (C=O) groups is 2. The van der Waals surface area contributed by atoms with Gasteiger partial charge in [0.2, 0.25) is 0 Å². The second-order valence-corrected chi connectivity index (χ2v) is 15.8. The number of hydrogen-bond acceptors (Lipinski definition) is 9. The van der Waals surface area contributed by atoms with E-state index >= 15 is 0 Å². The lowest BCUT2D eigenvalue weighted by molar-refractivity contribution is -0.161. The maximum absolute atomic E-state index is 12.6. The van der Waals surface area contributed by atoms with Crippen LogP contribution in [0.4, 0.5) is 0 Å². The molecular formula is C48H79O10P. The van der Waals surface area contributed by atoms with Crippen LogP contribution in [0.1, 0.15) is 155 Å². The highest BCUT2D eigenvalue weighted by Crippen LogP contribution is 2.43. The Balaban J connectivity index is 4.38. The molecule has 2 unspecified atom stereocenters. The molecule has 0 rings (SSSR count). The van der Waals surface area contributed by atoms with Gasteiger partial charge in [-0.25, -0.2) is 4.57 Å². The van der Waals surface area contributed by atoms with Crippen LogP contribution >= 0.6 is 7.82 Å². The van der Waals surface area contributed by atoms with Crippen molar-refractivity contribution in [3.8, 4) is 0 Å². The Morgan fingerprint density at radius 3 is 1.47 bits per heavy atom. The molecule has 0 saturated carbocycles. The summed E-state index contributed by atoms with van der Waals surface area (Å²) >= 11 is 0. The van der Waals surface area contributed by atoms with Crippen LogP contribution in [-0.4, -0.2) is 65.7 Å². The molecule has 3 atom stereocenters. The lowest BCUT2D eigenvalue weighted by Gasteiger charge is -2.20. The van der Waals surface area contributed by atoms with Crippen LogP contribution in [0.25, 0.3) is 0 Å². The van der Waals surface area contributed by atoms with E-state index in [0.717, 1.165) is 77.0 Å². The van der Waals surface area contributed by atoms with Crippen molar-refractivity contribution in [3.63, 3.8) is 0 Å². The molecule has 0 radical (unpaired) electrons. The summed E-state index contributed by atoms with van der Waals surface area (Å²) in [6, 6.07) is 0. The number of allylic oxidation sites excluding steroid dienone is 16. The third kappa shape index (κ3) is 42.8. The molecule has 59 heavy (non-hydrogen) atoms. The molecule has 0 heterocycles. The zero-order valence-electron chi connectivity index (χ0n) is 36.4. The van der Waals surface area contributed by atoms with E-state index in [4.69, 9.17) is 19.1 Å². The summed E-state index contributed by atoms with van der Waals surface area (Å²) in [4.78, 5) is 34.9. The second-order valence-electron chi connectivity index (χ2n) is 14.3. The van der Waals surface area contributed by atoms with Gasteiger partial charge in [0.15, 0.2) is 6.10 Å². The Morgan fingerprint density at radius 2 is 0.966 bits per heavy atom. The standard InChI is InChI=1S/C48H79O10P/c1-3-5-7-9-11-13-15-17-18-19-20-21-22-23-24-25-26-28-29-31-33-35-37-39-47(51)55-43-46(44-57-59(53,54)56-42-45(50)41-49)58-48(52)40-38-36-34-32-30-27-16-14-12-10-8-6-4-2/h5,7,11,13,17-18,20-21,23-24,26-28,30,34,36,45-46,49-50H,3-4,6,8-10,12,14-16,19,22,25,29,31-33,35,37-44H2,1-2H3,(H,53,54)/b7-5+,13-11+,18-17+,21-20+,24-23+,28-26+,30-27+,36-34+/t45-,46?/m1/s1. The van der Waals surface area contributed by atoms with Crippen molar-refractivity contribution in [1.82, 2.24) is 0 Å². The van der Waals surface area contributed by atoms with E-state index in [2.05, 4.69) is 103 Å². The normalized spacial score (nSPS) is 14.7. The number of carbonyl (C=O) groups excluding carboxylic acids is 2.